The first-order chi connectivity index (χ1) is 10.3. The molecule has 1 heterocycles. The Kier molecular flexibility index (Phi) is 4.91. The van der Waals surface area contributed by atoms with Crippen molar-refractivity contribution >= 4 is 5.88 Å². The zero-order chi connectivity index (χ0) is 16.4. The Morgan fingerprint density at radius 3 is 1.86 bits per heavy atom. The standard InChI is InChI=1S/C18H26N2O2/c1-10-11(2)13(4)17(14(5)12(10)3)8-9-21-20-18-15(6)16(7)19-22-18/h20H,8-9H2,1-7H3. The molecule has 22 heavy (non-hydrogen) atoms. The summed E-state index contributed by atoms with van der Waals surface area (Å²) >= 11 is 0. The molecule has 0 aliphatic heterocycles. The molecule has 0 bridgehead atoms. The summed E-state index contributed by atoms with van der Waals surface area (Å²) in [7, 11) is 0. The second-order valence-electron chi connectivity index (χ2n) is 6.03. The predicted molar refractivity (Wildman–Crippen MR) is 89.4 cm³/mol. The van der Waals surface area contributed by atoms with E-state index >= 15 is 0 Å². The molecule has 2 aromatic rings. The second kappa shape index (κ2) is 6.53. The highest BCUT2D eigenvalue weighted by atomic mass is 16.7. The van der Waals surface area contributed by atoms with E-state index in [9.17, 15) is 0 Å². The maximum atomic E-state index is 5.55. The van der Waals surface area contributed by atoms with Crippen molar-refractivity contribution in [2.75, 3.05) is 12.1 Å². The first-order valence-electron chi connectivity index (χ1n) is 7.71. The maximum absolute atomic E-state index is 5.55. The third-order valence-electron chi connectivity index (χ3n) is 4.93. The van der Waals surface area contributed by atoms with E-state index in [4.69, 9.17) is 9.36 Å². The van der Waals surface area contributed by atoms with Gasteiger partial charge in [0, 0.05) is 5.56 Å². The van der Waals surface area contributed by atoms with E-state index in [0.717, 1.165) is 17.7 Å². The molecule has 0 aliphatic rings. The summed E-state index contributed by atoms with van der Waals surface area (Å²) in [5, 5.41) is 3.90. The van der Waals surface area contributed by atoms with Crippen LogP contribution >= 0.6 is 0 Å². The van der Waals surface area contributed by atoms with Crippen LogP contribution in [0.25, 0.3) is 0 Å². The van der Waals surface area contributed by atoms with Gasteiger partial charge in [-0.2, -0.15) is 0 Å². The molecule has 0 radical (unpaired) electrons. The van der Waals surface area contributed by atoms with E-state index in [-0.39, 0.29) is 0 Å². The number of hydrogen-bond acceptors (Lipinski definition) is 4. The lowest BCUT2D eigenvalue weighted by molar-refractivity contribution is 0.184. The van der Waals surface area contributed by atoms with Crippen molar-refractivity contribution < 1.29 is 9.36 Å². The zero-order valence-corrected chi connectivity index (χ0v) is 14.7. The minimum atomic E-state index is 0.585. The number of aromatic nitrogens is 1. The van der Waals surface area contributed by atoms with Crippen molar-refractivity contribution in [3.63, 3.8) is 0 Å². The molecule has 120 valence electrons. The highest BCUT2D eigenvalue weighted by molar-refractivity contribution is 5.49. The maximum Gasteiger partial charge on any atom is 0.251 e. The lowest BCUT2D eigenvalue weighted by Crippen LogP contribution is -2.09. The van der Waals surface area contributed by atoms with E-state index in [2.05, 4.69) is 45.3 Å². The molecule has 0 unspecified atom stereocenters. The molecule has 4 nitrogen and oxygen atoms in total. The van der Waals surface area contributed by atoms with Crippen LogP contribution in [0.2, 0.25) is 0 Å². The van der Waals surface area contributed by atoms with Crippen LogP contribution in [0.5, 0.6) is 0 Å². The largest absolute Gasteiger partial charge is 0.336 e. The van der Waals surface area contributed by atoms with Gasteiger partial charge in [-0.25, -0.2) is 5.48 Å². The minimum absolute atomic E-state index is 0.585. The first kappa shape index (κ1) is 16.6. The summed E-state index contributed by atoms with van der Waals surface area (Å²) < 4.78 is 5.16. The van der Waals surface area contributed by atoms with Crippen molar-refractivity contribution in [2.24, 2.45) is 0 Å². The van der Waals surface area contributed by atoms with Crippen LogP contribution in [-0.4, -0.2) is 11.8 Å². The molecule has 0 saturated heterocycles. The molecule has 1 aromatic carbocycles. The highest BCUT2D eigenvalue weighted by Crippen LogP contribution is 2.26. The topological polar surface area (TPSA) is 47.3 Å². The number of rotatable bonds is 5. The Hall–Kier alpha value is -1.81. The van der Waals surface area contributed by atoms with Crippen molar-refractivity contribution in [1.82, 2.24) is 5.16 Å². The SMILES string of the molecule is Cc1noc(NOCCc2c(C)c(C)c(C)c(C)c2C)c1C. The van der Waals surface area contributed by atoms with Gasteiger partial charge in [-0.15, -0.1) is 0 Å². The van der Waals surface area contributed by atoms with Crippen LogP contribution < -0.4 is 5.48 Å². The van der Waals surface area contributed by atoms with Crippen LogP contribution in [0.3, 0.4) is 0 Å². The number of aryl methyl sites for hydroxylation is 1. The van der Waals surface area contributed by atoms with Crippen LogP contribution in [-0.2, 0) is 11.3 Å². The first-order valence-corrected chi connectivity index (χ1v) is 7.71. The smallest absolute Gasteiger partial charge is 0.251 e. The third-order valence-corrected chi connectivity index (χ3v) is 4.93. The molecule has 1 aromatic heterocycles. The van der Waals surface area contributed by atoms with E-state index in [1.54, 1.807) is 0 Å². The van der Waals surface area contributed by atoms with E-state index in [1.165, 1.54) is 33.4 Å². The fraction of sp³-hybridized carbons (Fsp3) is 0.500. The molecule has 0 aliphatic carbocycles. The van der Waals surface area contributed by atoms with Gasteiger partial charge in [0.05, 0.1) is 12.3 Å². The fourth-order valence-electron chi connectivity index (χ4n) is 2.73. The number of nitrogens with one attached hydrogen (secondary N) is 1. The average molecular weight is 302 g/mol. The number of benzene rings is 1. The summed E-state index contributed by atoms with van der Waals surface area (Å²) in [6, 6.07) is 0. The summed E-state index contributed by atoms with van der Waals surface area (Å²) in [6.07, 6.45) is 0.874. The zero-order valence-electron chi connectivity index (χ0n) is 14.7. The van der Waals surface area contributed by atoms with Gasteiger partial charge in [0.1, 0.15) is 0 Å². The number of anilines is 1. The molecule has 1 N–H and O–H groups in total. The van der Waals surface area contributed by atoms with Crippen molar-refractivity contribution in [1.29, 1.82) is 0 Å². The van der Waals surface area contributed by atoms with Gasteiger partial charge in [-0.3, -0.25) is 4.84 Å². The van der Waals surface area contributed by atoms with Gasteiger partial charge in [-0.1, -0.05) is 5.16 Å². The van der Waals surface area contributed by atoms with Crippen LogP contribution in [0.1, 0.15) is 44.6 Å². The van der Waals surface area contributed by atoms with Crippen molar-refractivity contribution in [2.45, 2.75) is 54.9 Å². The Morgan fingerprint density at radius 2 is 1.36 bits per heavy atom. The normalized spacial score (nSPS) is 11.0. The second-order valence-corrected chi connectivity index (χ2v) is 6.03. The highest BCUT2D eigenvalue weighted by Gasteiger charge is 2.12. The van der Waals surface area contributed by atoms with E-state index < -0.39 is 0 Å². The predicted octanol–water partition coefficient (Wildman–Crippen LogP) is 4.42. The third kappa shape index (κ3) is 3.02. The van der Waals surface area contributed by atoms with Crippen LogP contribution in [0, 0.1) is 48.5 Å². The molecule has 0 spiro atoms. The summed E-state index contributed by atoms with van der Waals surface area (Å²) in [5.74, 6) is 0.585. The summed E-state index contributed by atoms with van der Waals surface area (Å²) in [6.45, 7) is 15.4. The van der Waals surface area contributed by atoms with Gasteiger partial charge >= 0.3 is 0 Å². The van der Waals surface area contributed by atoms with Gasteiger partial charge in [0.2, 0.25) is 0 Å². The van der Waals surface area contributed by atoms with Crippen LogP contribution in [0.15, 0.2) is 4.52 Å². The van der Waals surface area contributed by atoms with Gasteiger partial charge in [0.25, 0.3) is 5.88 Å². The average Bonchev–Trinajstić information content (AvgIpc) is 2.82. The monoisotopic (exact) mass is 302 g/mol. The van der Waals surface area contributed by atoms with Crippen LogP contribution in [0.4, 0.5) is 5.88 Å². The molecule has 0 saturated carbocycles. The van der Waals surface area contributed by atoms with Gasteiger partial charge in [0.15, 0.2) is 0 Å². The fourth-order valence-corrected chi connectivity index (χ4v) is 2.73. The molecule has 4 heteroatoms. The Bertz CT molecular complexity index is 658. The molecule has 0 fully saturated rings. The Balaban J connectivity index is 2.02. The Morgan fingerprint density at radius 1 is 0.818 bits per heavy atom. The molecule has 0 atom stereocenters. The molecular formula is C18H26N2O2. The Labute approximate surface area is 132 Å². The quantitative estimate of drug-likeness (QED) is 0.656. The minimum Gasteiger partial charge on any atom is -0.336 e. The van der Waals surface area contributed by atoms with E-state index in [0.29, 0.717) is 12.5 Å². The van der Waals surface area contributed by atoms with Crippen molar-refractivity contribution in [3.05, 3.63) is 44.6 Å². The number of nitrogens with zero attached hydrogens (tertiary/aromatic N) is 1. The summed E-state index contributed by atoms with van der Waals surface area (Å²) in [4.78, 5) is 5.55. The van der Waals surface area contributed by atoms with Gasteiger partial charge < -0.3 is 4.52 Å². The van der Waals surface area contributed by atoms with Crippen molar-refractivity contribution in [3.8, 4) is 0 Å². The summed E-state index contributed by atoms with van der Waals surface area (Å²) in [5.41, 5.74) is 13.0. The lowest BCUT2D eigenvalue weighted by Gasteiger charge is -2.18. The molecule has 0 amide bonds. The van der Waals surface area contributed by atoms with E-state index in [1.807, 2.05) is 13.8 Å². The molecular weight excluding hydrogens is 276 g/mol. The molecule has 2 rings (SSSR count). The lowest BCUT2D eigenvalue weighted by atomic mass is 9.88. The number of hydrogen-bond donors (Lipinski definition) is 1. The van der Waals surface area contributed by atoms with Gasteiger partial charge in [-0.05, 0) is 88.3 Å².